The summed E-state index contributed by atoms with van der Waals surface area (Å²) in [6, 6.07) is 71.4. The Labute approximate surface area is 287 Å². The third-order valence-corrected chi connectivity index (χ3v) is 9.78. The highest BCUT2D eigenvalue weighted by molar-refractivity contribution is 5.91. The van der Waals surface area contributed by atoms with Crippen molar-refractivity contribution in [3.8, 4) is 22.6 Å². The molecule has 1 heterocycles. The van der Waals surface area contributed by atoms with E-state index in [4.69, 9.17) is 4.74 Å². The van der Waals surface area contributed by atoms with Gasteiger partial charge in [0.05, 0.1) is 11.1 Å². The number of ether oxygens (including phenoxy) is 1. The summed E-state index contributed by atoms with van der Waals surface area (Å²) in [5.74, 6) is 1.70. The maximum Gasteiger partial charge on any atom is 0.156 e. The Kier molecular flexibility index (Phi) is 7.06. The first-order valence-corrected chi connectivity index (χ1v) is 16.8. The van der Waals surface area contributed by atoms with Crippen LogP contribution in [0.5, 0.6) is 11.5 Å². The Morgan fingerprint density at radius 2 is 0.939 bits per heavy atom. The Morgan fingerprint density at radius 3 is 1.65 bits per heavy atom. The van der Waals surface area contributed by atoms with Crippen LogP contribution >= 0.6 is 0 Å². The quantitative estimate of drug-likeness (QED) is 0.182. The van der Waals surface area contributed by atoms with E-state index in [0.717, 1.165) is 39.7 Å². The lowest BCUT2D eigenvalue weighted by Gasteiger charge is -2.43. The molecule has 0 saturated carbocycles. The lowest BCUT2D eigenvalue weighted by atomic mass is 9.63. The molecule has 49 heavy (non-hydrogen) atoms. The third kappa shape index (κ3) is 4.80. The maximum atomic E-state index is 7.07. The van der Waals surface area contributed by atoms with Crippen LogP contribution in [0.3, 0.4) is 0 Å². The van der Waals surface area contributed by atoms with Crippen LogP contribution in [0.1, 0.15) is 22.3 Å². The molecule has 0 saturated heterocycles. The molecule has 0 unspecified atom stereocenters. The topological polar surface area (TPSA) is 12.5 Å². The number of anilines is 3. The average molecular weight is 628 g/mol. The molecule has 0 amide bonds. The first-order chi connectivity index (χ1) is 24.3. The van der Waals surface area contributed by atoms with Gasteiger partial charge >= 0.3 is 0 Å². The van der Waals surface area contributed by atoms with Gasteiger partial charge in [-0.05, 0) is 69.4 Å². The van der Waals surface area contributed by atoms with Crippen molar-refractivity contribution in [2.75, 3.05) is 4.90 Å². The summed E-state index contributed by atoms with van der Waals surface area (Å²) in [5, 5.41) is 2.39. The fraction of sp³-hybridized carbons (Fsp3) is 0.0213. The second-order valence-electron chi connectivity index (χ2n) is 12.5. The summed E-state index contributed by atoms with van der Waals surface area (Å²) in [7, 11) is 0. The minimum atomic E-state index is -0.602. The van der Waals surface area contributed by atoms with E-state index in [2.05, 4.69) is 205 Å². The zero-order chi connectivity index (χ0) is 32.6. The zero-order valence-electron chi connectivity index (χ0n) is 26.9. The van der Waals surface area contributed by atoms with E-state index in [1.165, 1.54) is 33.0 Å². The molecule has 8 aromatic rings. The number of rotatable bonds is 6. The van der Waals surface area contributed by atoms with Crippen molar-refractivity contribution in [3.05, 3.63) is 222 Å². The zero-order valence-corrected chi connectivity index (χ0v) is 26.9. The molecule has 1 aliphatic rings. The molecule has 0 bridgehead atoms. The van der Waals surface area contributed by atoms with E-state index in [0.29, 0.717) is 0 Å². The highest BCUT2D eigenvalue weighted by atomic mass is 16.5. The van der Waals surface area contributed by atoms with Crippen LogP contribution in [-0.4, -0.2) is 0 Å². The van der Waals surface area contributed by atoms with Crippen molar-refractivity contribution < 1.29 is 4.74 Å². The van der Waals surface area contributed by atoms with E-state index in [9.17, 15) is 0 Å². The molecular formula is C47H33NO. The summed E-state index contributed by atoms with van der Waals surface area (Å²) in [6.45, 7) is 0. The lowest BCUT2D eigenvalue weighted by molar-refractivity contribution is 0.435. The van der Waals surface area contributed by atoms with Crippen molar-refractivity contribution in [2.24, 2.45) is 0 Å². The van der Waals surface area contributed by atoms with Crippen LogP contribution in [0.15, 0.2) is 200 Å². The summed E-state index contributed by atoms with van der Waals surface area (Å²) < 4.78 is 7.07. The summed E-state index contributed by atoms with van der Waals surface area (Å²) in [5.41, 5.74) is 9.48. The number of hydrogen-bond acceptors (Lipinski definition) is 2. The summed E-state index contributed by atoms with van der Waals surface area (Å²) in [6.07, 6.45) is 0. The second-order valence-corrected chi connectivity index (χ2v) is 12.5. The molecule has 0 radical (unpaired) electrons. The van der Waals surface area contributed by atoms with Gasteiger partial charge in [-0.2, -0.15) is 0 Å². The average Bonchev–Trinajstić information content (AvgIpc) is 3.18. The van der Waals surface area contributed by atoms with Crippen LogP contribution < -0.4 is 9.64 Å². The van der Waals surface area contributed by atoms with E-state index in [1.807, 2.05) is 0 Å². The van der Waals surface area contributed by atoms with Gasteiger partial charge in [0, 0.05) is 22.5 Å². The summed E-state index contributed by atoms with van der Waals surface area (Å²) in [4.78, 5) is 2.34. The van der Waals surface area contributed by atoms with Gasteiger partial charge in [0.1, 0.15) is 5.75 Å². The molecule has 0 atom stereocenters. The summed E-state index contributed by atoms with van der Waals surface area (Å²) >= 11 is 0. The van der Waals surface area contributed by atoms with Gasteiger partial charge in [0.15, 0.2) is 5.75 Å². The van der Waals surface area contributed by atoms with E-state index >= 15 is 0 Å². The van der Waals surface area contributed by atoms with E-state index < -0.39 is 5.41 Å². The first-order valence-electron chi connectivity index (χ1n) is 16.8. The maximum absolute atomic E-state index is 7.07. The van der Waals surface area contributed by atoms with Crippen molar-refractivity contribution >= 4 is 27.8 Å². The molecule has 2 heteroatoms. The minimum absolute atomic E-state index is 0.602. The molecule has 0 N–H and O–H groups in total. The standard InChI is InChI=1S/C47H33NO/c1-4-15-34(16-5-1)36-27-30-40(31-28-36)48(41-32-29-35-17-10-11-18-37(35)33-41)44-25-14-24-43-46(44)49-45-26-13-12-23-42(45)47(43,38-19-6-2-7-20-38)39-21-8-3-9-22-39/h1-33H. The van der Waals surface area contributed by atoms with Crippen molar-refractivity contribution in [1.82, 2.24) is 0 Å². The minimum Gasteiger partial charge on any atom is -0.454 e. The number of fused-ring (bicyclic) bond motifs is 3. The van der Waals surface area contributed by atoms with Gasteiger partial charge in [-0.1, -0.05) is 164 Å². The van der Waals surface area contributed by atoms with Gasteiger partial charge in [-0.15, -0.1) is 0 Å². The normalized spacial score (nSPS) is 12.8. The van der Waals surface area contributed by atoms with Gasteiger partial charge in [-0.3, -0.25) is 0 Å². The highest BCUT2D eigenvalue weighted by Gasteiger charge is 2.46. The van der Waals surface area contributed by atoms with Crippen molar-refractivity contribution in [1.29, 1.82) is 0 Å². The second kappa shape index (κ2) is 12.0. The van der Waals surface area contributed by atoms with Gasteiger partial charge < -0.3 is 9.64 Å². The molecule has 0 spiro atoms. The van der Waals surface area contributed by atoms with E-state index in [1.54, 1.807) is 0 Å². The molecule has 0 fully saturated rings. The monoisotopic (exact) mass is 627 g/mol. The molecule has 1 aliphatic heterocycles. The Morgan fingerprint density at radius 1 is 0.388 bits per heavy atom. The van der Waals surface area contributed by atoms with Crippen LogP contribution in [-0.2, 0) is 5.41 Å². The molecule has 8 aromatic carbocycles. The number of nitrogens with zero attached hydrogens (tertiary/aromatic N) is 1. The van der Waals surface area contributed by atoms with Crippen molar-refractivity contribution in [3.63, 3.8) is 0 Å². The Hall–Kier alpha value is -6.38. The fourth-order valence-corrected chi connectivity index (χ4v) is 7.57. The third-order valence-electron chi connectivity index (χ3n) is 9.78. The van der Waals surface area contributed by atoms with Gasteiger partial charge in [0.2, 0.25) is 0 Å². The molecule has 9 rings (SSSR count). The number of para-hydroxylation sites is 2. The van der Waals surface area contributed by atoms with E-state index in [-0.39, 0.29) is 0 Å². The molecule has 0 aromatic heterocycles. The number of benzene rings is 8. The molecule has 2 nitrogen and oxygen atoms in total. The first kappa shape index (κ1) is 28.8. The van der Waals surface area contributed by atoms with Crippen LogP contribution in [0.2, 0.25) is 0 Å². The predicted octanol–water partition coefficient (Wildman–Crippen LogP) is 12.5. The molecule has 232 valence electrons. The SMILES string of the molecule is c1ccc(-c2ccc(N(c3ccc4ccccc4c3)c3cccc4c3Oc3ccccc3C4(c3ccccc3)c3ccccc3)cc2)cc1. The van der Waals surface area contributed by atoms with Crippen LogP contribution in [0.4, 0.5) is 17.1 Å². The molecular weight excluding hydrogens is 595 g/mol. The number of hydrogen-bond donors (Lipinski definition) is 0. The highest BCUT2D eigenvalue weighted by Crippen LogP contribution is 2.58. The Balaban J connectivity index is 1.32. The predicted molar refractivity (Wildman–Crippen MR) is 202 cm³/mol. The van der Waals surface area contributed by atoms with Crippen molar-refractivity contribution in [2.45, 2.75) is 5.41 Å². The largest absolute Gasteiger partial charge is 0.454 e. The Bertz CT molecular complexity index is 2360. The van der Waals surface area contributed by atoms with Crippen LogP contribution in [0, 0.1) is 0 Å². The lowest BCUT2D eigenvalue weighted by Crippen LogP contribution is -2.34. The fourth-order valence-electron chi connectivity index (χ4n) is 7.57. The van der Waals surface area contributed by atoms with Crippen LogP contribution in [0.25, 0.3) is 21.9 Å². The van der Waals surface area contributed by atoms with Gasteiger partial charge in [0.25, 0.3) is 0 Å². The molecule has 0 aliphatic carbocycles. The van der Waals surface area contributed by atoms with Gasteiger partial charge in [-0.25, -0.2) is 0 Å². The smallest absolute Gasteiger partial charge is 0.156 e.